The number of rotatable bonds is 7. The van der Waals surface area contributed by atoms with Gasteiger partial charge in [0.05, 0.1) is 50.9 Å². The third kappa shape index (κ3) is 4.28. The van der Waals surface area contributed by atoms with Crippen LogP contribution < -0.4 is 14.8 Å². The van der Waals surface area contributed by atoms with Gasteiger partial charge in [0.15, 0.2) is 11.5 Å². The van der Waals surface area contributed by atoms with Crippen LogP contribution in [0.25, 0.3) is 0 Å². The van der Waals surface area contributed by atoms with Crippen LogP contribution in [-0.4, -0.2) is 57.1 Å². The van der Waals surface area contributed by atoms with E-state index in [4.69, 9.17) is 17.7 Å². The predicted octanol–water partition coefficient (Wildman–Crippen LogP) is 2.18. The topological polar surface area (TPSA) is 119 Å². The van der Waals surface area contributed by atoms with E-state index in [1.54, 1.807) is 0 Å². The molecule has 9 nitrogen and oxygen atoms in total. The Bertz CT molecular complexity index is 1430. The SMILES string of the molecule is [2H]C([2H])([2H])Oc1ccc([C@@H](CS(C)(=O)=O)N2C(=O)c3c(F)ccc(NC(C)=O)c3C2=O)cc1OC([2H])([2H])[2H]. The number of imide groups is 1. The normalized spacial score (nSPS) is 17.8. The molecule has 1 atom stereocenters. The molecule has 1 heterocycles. The Morgan fingerprint density at radius 1 is 1.12 bits per heavy atom. The van der Waals surface area contributed by atoms with Gasteiger partial charge in [0.1, 0.15) is 15.7 Å². The van der Waals surface area contributed by atoms with Gasteiger partial charge in [0, 0.05) is 13.2 Å². The molecule has 1 N–H and O–H groups in total. The molecule has 0 fully saturated rings. The van der Waals surface area contributed by atoms with E-state index in [-0.39, 0.29) is 11.3 Å². The van der Waals surface area contributed by atoms with Gasteiger partial charge in [0.25, 0.3) is 11.8 Å². The van der Waals surface area contributed by atoms with E-state index in [0.717, 1.165) is 43.5 Å². The lowest BCUT2D eigenvalue weighted by molar-refractivity contribution is -0.114. The number of anilines is 1. The molecule has 0 unspecified atom stereocenters. The molecule has 0 saturated carbocycles. The quantitative estimate of drug-likeness (QED) is 0.616. The second-order valence-corrected chi connectivity index (χ2v) is 9.21. The second kappa shape index (κ2) is 8.58. The summed E-state index contributed by atoms with van der Waals surface area (Å²) in [6.07, 6.45) is 0.813. The van der Waals surface area contributed by atoms with Crippen LogP contribution in [0.4, 0.5) is 10.1 Å². The monoisotopic (exact) mass is 470 g/mol. The van der Waals surface area contributed by atoms with Crippen molar-refractivity contribution in [2.45, 2.75) is 13.0 Å². The number of carbonyl (C=O) groups excluding carboxylic acids is 3. The lowest BCUT2D eigenvalue weighted by Gasteiger charge is -2.26. The van der Waals surface area contributed by atoms with E-state index in [9.17, 15) is 27.2 Å². The van der Waals surface area contributed by atoms with Crippen LogP contribution in [0.2, 0.25) is 0 Å². The third-order valence-electron chi connectivity index (χ3n) is 4.68. The third-order valence-corrected chi connectivity index (χ3v) is 5.60. The van der Waals surface area contributed by atoms with Crippen LogP contribution in [0, 0.1) is 5.82 Å². The first-order valence-corrected chi connectivity index (χ1v) is 11.0. The standard InChI is InChI=1S/C21H21FN2O7S/c1-11(25)23-14-7-6-13(22)18-19(14)21(27)24(20(18)26)15(10-32(4,28)29)12-5-8-16(30-2)17(9-12)31-3/h5-9,15H,10H2,1-4H3,(H,23,25)/t15-/m1/s1/i2D3,3D3. The average Bonchev–Trinajstić information content (AvgIpc) is 2.98. The molecule has 170 valence electrons. The minimum atomic E-state index is -3.95. The predicted molar refractivity (Wildman–Crippen MR) is 113 cm³/mol. The van der Waals surface area contributed by atoms with E-state index in [2.05, 4.69) is 5.32 Å². The van der Waals surface area contributed by atoms with E-state index in [1.807, 2.05) is 0 Å². The number of ether oxygens (including phenoxy) is 2. The summed E-state index contributed by atoms with van der Waals surface area (Å²) >= 11 is 0. The maximum absolute atomic E-state index is 14.7. The molecule has 32 heavy (non-hydrogen) atoms. The molecular weight excluding hydrogens is 443 g/mol. The first kappa shape index (κ1) is 16.2. The molecule has 3 amide bonds. The van der Waals surface area contributed by atoms with Gasteiger partial charge in [-0.15, -0.1) is 0 Å². The Kier molecular flexibility index (Phi) is 4.34. The highest BCUT2D eigenvalue weighted by atomic mass is 32.2. The zero-order valence-corrected chi connectivity index (χ0v) is 17.6. The van der Waals surface area contributed by atoms with Crippen LogP contribution in [-0.2, 0) is 14.6 Å². The van der Waals surface area contributed by atoms with Crippen molar-refractivity contribution >= 4 is 33.2 Å². The highest BCUT2D eigenvalue weighted by molar-refractivity contribution is 7.90. The van der Waals surface area contributed by atoms with Crippen molar-refractivity contribution < 1.29 is 44.9 Å². The van der Waals surface area contributed by atoms with Gasteiger partial charge in [-0.2, -0.15) is 0 Å². The number of methoxy groups -OCH3 is 2. The summed E-state index contributed by atoms with van der Waals surface area (Å²) in [4.78, 5) is 38.7. The van der Waals surface area contributed by atoms with E-state index >= 15 is 0 Å². The Hall–Kier alpha value is -3.47. The van der Waals surface area contributed by atoms with Crippen molar-refractivity contribution in [2.24, 2.45) is 0 Å². The average molecular weight is 471 g/mol. The summed E-state index contributed by atoms with van der Waals surface area (Å²) in [6.45, 7) is 1.12. The number of carbonyl (C=O) groups is 3. The molecule has 3 rings (SSSR count). The maximum Gasteiger partial charge on any atom is 0.265 e. The number of nitrogens with zero attached hydrogens (tertiary/aromatic N) is 1. The van der Waals surface area contributed by atoms with E-state index < -0.39 is 81.9 Å². The van der Waals surface area contributed by atoms with Crippen molar-refractivity contribution in [3.63, 3.8) is 0 Å². The van der Waals surface area contributed by atoms with Gasteiger partial charge >= 0.3 is 0 Å². The van der Waals surface area contributed by atoms with Gasteiger partial charge in [-0.3, -0.25) is 19.3 Å². The van der Waals surface area contributed by atoms with E-state index in [0.29, 0.717) is 4.90 Å². The number of hydrogen-bond acceptors (Lipinski definition) is 7. The smallest absolute Gasteiger partial charge is 0.265 e. The Morgan fingerprint density at radius 3 is 2.41 bits per heavy atom. The van der Waals surface area contributed by atoms with Gasteiger partial charge in [-0.25, -0.2) is 12.8 Å². The summed E-state index contributed by atoms with van der Waals surface area (Å²) in [7, 11) is -10.1. The lowest BCUT2D eigenvalue weighted by atomic mass is 10.1. The minimum absolute atomic E-state index is 0.163. The first-order chi connectivity index (χ1) is 17.3. The summed E-state index contributed by atoms with van der Waals surface area (Å²) < 4.78 is 92.8. The van der Waals surface area contributed by atoms with Crippen molar-refractivity contribution in [3.8, 4) is 11.5 Å². The molecule has 2 aromatic carbocycles. The minimum Gasteiger partial charge on any atom is -0.493 e. The number of fused-ring (bicyclic) bond motifs is 1. The Balaban J connectivity index is 2.20. The van der Waals surface area contributed by atoms with Crippen LogP contribution in [0.1, 0.15) is 47.5 Å². The lowest BCUT2D eigenvalue weighted by Crippen LogP contribution is -2.38. The number of sulfone groups is 1. The summed E-state index contributed by atoms with van der Waals surface area (Å²) in [5.41, 5.74) is -1.53. The number of hydrogen-bond donors (Lipinski definition) is 1. The van der Waals surface area contributed by atoms with Crippen LogP contribution in [0.15, 0.2) is 30.3 Å². The summed E-state index contributed by atoms with van der Waals surface area (Å²) in [5.74, 6) is -6.10. The fourth-order valence-corrected chi connectivity index (χ4v) is 4.34. The first-order valence-electron chi connectivity index (χ1n) is 11.9. The molecule has 11 heteroatoms. The van der Waals surface area contributed by atoms with Crippen molar-refractivity contribution in [1.82, 2.24) is 4.90 Å². The molecule has 1 aliphatic rings. The number of nitrogens with one attached hydrogen (secondary N) is 1. The zero-order chi connectivity index (χ0) is 28.8. The molecule has 0 bridgehead atoms. The Labute approximate surface area is 192 Å². The number of halogens is 1. The molecular formula is C21H21FN2O7S. The molecule has 0 radical (unpaired) electrons. The van der Waals surface area contributed by atoms with Gasteiger partial charge in [0.2, 0.25) is 5.91 Å². The highest BCUT2D eigenvalue weighted by Gasteiger charge is 2.45. The van der Waals surface area contributed by atoms with Gasteiger partial charge in [-0.05, 0) is 29.8 Å². The molecule has 2 aromatic rings. The maximum atomic E-state index is 14.7. The largest absolute Gasteiger partial charge is 0.493 e. The fraction of sp³-hybridized carbons (Fsp3) is 0.286. The van der Waals surface area contributed by atoms with Crippen LogP contribution >= 0.6 is 0 Å². The van der Waals surface area contributed by atoms with E-state index in [1.165, 1.54) is 0 Å². The van der Waals surface area contributed by atoms with Crippen LogP contribution in [0.3, 0.4) is 0 Å². The summed E-state index contributed by atoms with van der Waals surface area (Å²) in [5, 5.41) is 2.32. The van der Waals surface area contributed by atoms with Crippen molar-refractivity contribution in [1.29, 1.82) is 0 Å². The number of benzene rings is 2. The van der Waals surface area contributed by atoms with Crippen molar-refractivity contribution in [3.05, 3.63) is 52.8 Å². The van der Waals surface area contributed by atoms with Gasteiger partial charge < -0.3 is 14.8 Å². The Morgan fingerprint density at radius 2 is 1.78 bits per heavy atom. The molecule has 0 aliphatic carbocycles. The summed E-state index contributed by atoms with van der Waals surface area (Å²) in [6, 6.07) is 3.28. The second-order valence-electron chi connectivity index (χ2n) is 7.02. The zero-order valence-electron chi connectivity index (χ0n) is 22.8. The molecule has 0 aromatic heterocycles. The highest BCUT2D eigenvalue weighted by Crippen LogP contribution is 2.39. The molecule has 0 saturated heterocycles. The molecule has 0 spiro atoms. The van der Waals surface area contributed by atoms with Crippen LogP contribution in [0.5, 0.6) is 11.5 Å². The van der Waals surface area contributed by atoms with Crippen molar-refractivity contribution in [2.75, 3.05) is 31.4 Å². The molecule has 1 aliphatic heterocycles. The number of amides is 3. The fourth-order valence-electron chi connectivity index (χ4n) is 3.42. The van der Waals surface area contributed by atoms with Gasteiger partial charge in [-0.1, -0.05) is 6.07 Å².